The Bertz CT molecular complexity index is 1150. The van der Waals surface area contributed by atoms with E-state index in [4.69, 9.17) is 16.3 Å². The van der Waals surface area contributed by atoms with E-state index in [-0.39, 0.29) is 23.6 Å². The number of hydrogen-bond acceptors (Lipinski definition) is 5. The molecule has 1 aliphatic rings. The number of pyridine rings is 3. The topological polar surface area (TPSA) is 68.2 Å². The Morgan fingerprint density at radius 3 is 2.55 bits per heavy atom. The van der Waals surface area contributed by atoms with Crippen LogP contribution in [0.15, 0.2) is 42.9 Å². The van der Waals surface area contributed by atoms with Gasteiger partial charge in [-0.1, -0.05) is 11.6 Å². The number of aromatic nitrogens is 3. The quantitative estimate of drug-likeness (QED) is 0.502. The van der Waals surface area contributed by atoms with Crippen LogP contribution in [-0.4, -0.2) is 25.8 Å². The second-order valence-corrected chi connectivity index (χ2v) is 7.46. The first-order chi connectivity index (χ1) is 14.6. The van der Waals surface area contributed by atoms with Gasteiger partial charge >= 0.3 is 6.18 Å². The van der Waals surface area contributed by atoms with Crippen molar-refractivity contribution < 1.29 is 22.7 Å². The van der Waals surface area contributed by atoms with Crippen molar-refractivity contribution in [3.63, 3.8) is 0 Å². The zero-order valence-electron chi connectivity index (χ0n) is 16.4. The van der Waals surface area contributed by atoms with Crippen LogP contribution in [0, 0.1) is 6.92 Å². The molecule has 1 aliphatic heterocycles. The number of carbonyl (C=O) groups is 1. The number of ether oxygens (including phenoxy) is 1. The third-order valence-electron chi connectivity index (χ3n) is 5.07. The highest BCUT2D eigenvalue weighted by Gasteiger charge is 2.34. The lowest BCUT2D eigenvalue weighted by Gasteiger charge is -2.25. The van der Waals surface area contributed by atoms with E-state index in [9.17, 15) is 18.0 Å². The zero-order chi connectivity index (χ0) is 22.3. The number of aryl methyl sites for hydroxylation is 1. The molecule has 4 rings (SSSR count). The number of amides is 1. The van der Waals surface area contributed by atoms with E-state index >= 15 is 0 Å². The molecule has 10 heteroatoms. The molecule has 3 aromatic rings. The van der Waals surface area contributed by atoms with E-state index in [1.54, 1.807) is 24.1 Å². The summed E-state index contributed by atoms with van der Waals surface area (Å²) in [5.74, 6) is 0.234. The molecule has 0 N–H and O–H groups in total. The second kappa shape index (κ2) is 7.81. The van der Waals surface area contributed by atoms with Crippen molar-refractivity contribution in [1.29, 1.82) is 0 Å². The normalized spacial score (nSPS) is 14.5. The molecule has 1 amide bonds. The molecule has 31 heavy (non-hydrogen) atoms. The largest absolute Gasteiger partial charge is 0.437 e. The Hall–Kier alpha value is -3.20. The maximum absolute atomic E-state index is 12.8. The Morgan fingerprint density at radius 2 is 1.94 bits per heavy atom. The molecule has 3 aromatic heterocycles. The molecule has 0 saturated carbocycles. The minimum Gasteiger partial charge on any atom is -0.437 e. The van der Waals surface area contributed by atoms with Crippen LogP contribution in [0.2, 0.25) is 5.15 Å². The van der Waals surface area contributed by atoms with Gasteiger partial charge in [-0.25, -0.2) is 15.0 Å². The van der Waals surface area contributed by atoms with Crippen molar-refractivity contribution in [2.75, 3.05) is 0 Å². The van der Waals surface area contributed by atoms with Gasteiger partial charge < -0.3 is 9.64 Å². The zero-order valence-corrected chi connectivity index (χ0v) is 17.2. The fraction of sp³-hybridized carbons (Fsp3) is 0.238. The summed E-state index contributed by atoms with van der Waals surface area (Å²) < 4.78 is 43.5. The van der Waals surface area contributed by atoms with E-state index in [0.717, 1.165) is 17.8 Å². The Balaban J connectivity index is 1.51. The van der Waals surface area contributed by atoms with Gasteiger partial charge in [0.1, 0.15) is 16.6 Å². The van der Waals surface area contributed by atoms with Gasteiger partial charge in [0, 0.05) is 29.1 Å². The van der Waals surface area contributed by atoms with Crippen molar-refractivity contribution >= 4 is 17.5 Å². The van der Waals surface area contributed by atoms with Crippen molar-refractivity contribution in [3.8, 4) is 11.6 Å². The van der Waals surface area contributed by atoms with Gasteiger partial charge in [0.15, 0.2) is 0 Å². The Labute approximate surface area is 180 Å². The molecule has 160 valence electrons. The third kappa shape index (κ3) is 4.05. The first-order valence-electron chi connectivity index (χ1n) is 9.27. The Morgan fingerprint density at radius 1 is 1.16 bits per heavy atom. The minimum absolute atomic E-state index is 0.136. The van der Waals surface area contributed by atoms with Crippen LogP contribution in [0.25, 0.3) is 0 Å². The molecule has 0 saturated heterocycles. The van der Waals surface area contributed by atoms with Crippen LogP contribution >= 0.6 is 11.6 Å². The summed E-state index contributed by atoms with van der Waals surface area (Å²) in [7, 11) is 0. The van der Waals surface area contributed by atoms with Crippen LogP contribution in [-0.2, 0) is 12.7 Å². The molecule has 0 radical (unpaired) electrons. The van der Waals surface area contributed by atoms with Gasteiger partial charge in [0.25, 0.3) is 5.91 Å². The highest BCUT2D eigenvalue weighted by Crippen LogP contribution is 2.35. The van der Waals surface area contributed by atoms with E-state index in [2.05, 4.69) is 15.0 Å². The number of halogens is 4. The number of hydrogen-bond donors (Lipinski definition) is 0. The SMILES string of the molecule is Cc1cc(C(C)N2Cc3c(ccnc3Cl)C2=O)cnc1Oc1ccc(C(F)(F)F)nc1. The molecule has 0 bridgehead atoms. The van der Waals surface area contributed by atoms with E-state index in [0.29, 0.717) is 28.4 Å². The van der Waals surface area contributed by atoms with Crippen molar-refractivity contribution in [1.82, 2.24) is 19.9 Å². The van der Waals surface area contributed by atoms with Crippen LogP contribution < -0.4 is 4.74 Å². The van der Waals surface area contributed by atoms with Gasteiger partial charge in [0.2, 0.25) is 5.88 Å². The maximum Gasteiger partial charge on any atom is 0.433 e. The molecule has 4 heterocycles. The maximum atomic E-state index is 12.8. The monoisotopic (exact) mass is 448 g/mol. The summed E-state index contributed by atoms with van der Waals surface area (Å²) in [6.45, 7) is 3.98. The van der Waals surface area contributed by atoms with Crippen molar-refractivity contribution in [2.24, 2.45) is 0 Å². The van der Waals surface area contributed by atoms with Crippen LogP contribution in [0.3, 0.4) is 0 Å². The molecular weight excluding hydrogens is 433 g/mol. The summed E-state index contributed by atoms with van der Waals surface area (Å²) in [6, 6.07) is 5.21. The van der Waals surface area contributed by atoms with E-state index in [1.165, 1.54) is 12.3 Å². The first kappa shape index (κ1) is 21.0. The van der Waals surface area contributed by atoms with Crippen molar-refractivity contribution in [2.45, 2.75) is 32.6 Å². The predicted octanol–water partition coefficient (Wildman–Crippen LogP) is 5.36. The van der Waals surface area contributed by atoms with Gasteiger partial charge in [-0.3, -0.25) is 4.79 Å². The fourth-order valence-electron chi connectivity index (χ4n) is 3.35. The highest BCUT2D eigenvalue weighted by molar-refractivity contribution is 6.30. The molecule has 0 aliphatic carbocycles. The number of rotatable bonds is 4. The lowest BCUT2D eigenvalue weighted by Crippen LogP contribution is -2.27. The molecule has 1 atom stereocenters. The number of fused-ring (bicyclic) bond motifs is 1. The summed E-state index contributed by atoms with van der Waals surface area (Å²) in [6.07, 6.45) is -0.447. The van der Waals surface area contributed by atoms with Crippen LogP contribution in [0.5, 0.6) is 11.6 Å². The summed E-state index contributed by atoms with van der Waals surface area (Å²) in [4.78, 5) is 26.1. The minimum atomic E-state index is -4.52. The number of nitrogens with zero attached hydrogens (tertiary/aromatic N) is 4. The lowest BCUT2D eigenvalue weighted by molar-refractivity contribution is -0.141. The van der Waals surface area contributed by atoms with Gasteiger partial charge in [-0.05, 0) is 43.7 Å². The number of carbonyl (C=O) groups excluding carboxylic acids is 1. The average Bonchev–Trinajstić information content (AvgIpc) is 3.07. The Kier molecular flexibility index (Phi) is 5.30. The van der Waals surface area contributed by atoms with Crippen LogP contribution in [0.4, 0.5) is 13.2 Å². The average molecular weight is 449 g/mol. The molecule has 0 aromatic carbocycles. The first-order valence-corrected chi connectivity index (χ1v) is 9.65. The molecule has 6 nitrogen and oxygen atoms in total. The fourth-order valence-corrected chi connectivity index (χ4v) is 3.56. The van der Waals surface area contributed by atoms with Crippen LogP contribution in [0.1, 0.15) is 45.7 Å². The van der Waals surface area contributed by atoms with Gasteiger partial charge in [0.05, 0.1) is 18.8 Å². The van der Waals surface area contributed by atoms with Gasteiger partial charge in [-0.2, -0.15) is 13.2 Å². The predicted molar refractivity (Wildman–Crippen MR) is 106 cm³/mol. The molecular formula is C21H16ClF3N4O2. The second-order valence-electron chi connectivity index (χ2n) is 7.11. The van der Waals surface area contributed by atoms with Crippen molar-refractivity contribution in [3.05, 3.63) is 76.0 Å². The lowest BCUT2D eigenvalue weighted by atomic mass is 10.1. The van der Waals surface area contributed by atoms with Gasteiger partial charge in [-0.15, -0.1) is 0 Å². The summed E-state index contributed by atoms with van der Waals surface area (Å²) in [5, 5.41) is 0.309. The molecule has 0 fully saturated rings. The third-order valence-corrected chi connectivity index (χ3v) is 5.39. The number of alkyl halides is 3. The van der Waals surface area contributed by atoms with E-state index in [1.807, 2.05) is 13.0 Å². The van der Waals surface area contributed by atoms with E-state index < -0.39 is 11.9 Å². The smallest absolute Gasteiger partial charge is 0.433 e. The summed E-state index contributed by atoms with van der Waals surface area (Å²) >= 11 is 6.12. The highest BCUT2D eigenvalue weighted by atomic mass is 35.5. The molecule has 1 unspecified atom stereocenters. The standard InChI is InChI=1S/C21H16ClF3N4O2/c1-11-7-13(12(2)29-10-16-15(20(29)30)5-6-26-18(16)22)8-28-19(11)31-14-3-4-17(27-9-14)21(23,24)25/h3-9,12H,10H2,1-2H3. The summed E-state index contributed by atoms with van der Waals surface area (Å²) in [5.41, 5.74) is 1.67. The molecule has 0 spiro atoms.